The molecule has 0 atom stereocenters. The molecule has 0 saturated carbocycles. The van der Waals surface area contributed by atoms with Crippen molar-refractivity contribution in [2.45, 2.75) is 36.9 Å². The van der Waals surface area contributed by atoms with Crippen molar-refractivity contribution in [3.05, 3.63) is 190 Å². The second-order valence-corrected chi connectivity index (χ2v) is 17.4. The van der Waals surface area contributed by atoms with E-state index in [9.17, 15) is 28.8 Å². The van der Waals surface area contributed by atoms with Crippen molar-refractivity contribution in [1.29, 1.82) is 0 Å². The van der Waals surface area contributed by atoms with E-state index in [0.717, 1.165) is 0 Å². The molecule has 0 fully saturated rings. The lowest BCUT2D eigenvalue weighted by molar-refractivity contribution is 0.0214. The Morgan fingerprint density at radius 1 is 0.338 bits per heavy atom. The molecule has 6 aromatic rings. The molecule has 372 valence electrons. The van der Waals surface area contributed by atoms with E-state index in [1.165, 1.54) is 0 Å². The lowest BCUT2D eigenvalue weighted by atomic mass is 9.77. The van der Waals surface area contributed by atoms with Gasteiger partial charge in [-0.05, 0) is 86.3 Å². The van der Waals surface area contributed by atoms with Gasteiger partial charge in [0, 0.05) is 80.4 Å². The first kappa shape index (κ1) is 46.8. The van der Waals surface area contributed by atoms with Crippen LogP contribution in [0.15, 0.2) is 146 Å². The predicted molar refractivity (Wildman–Crippen MR) is 266 cm³/mol. The highest BCUT2D eigenvalue weighted by Crippen LogP contribution is 2.58. The maximum Gasteiger partial charge on any atom is 0.411 e. The minimum absolute atomic E-state index is 0.191. The average Bonchev–Trinajstić information content (AvgIpc) is 3.86. The number of carbonyl (C=O) groups is 6. The molecule has 6 heterocycles. The van der Waals surface area contributed by atoms with Gasteiger partial charge in [0.1, 0.15) is 23.0 Å². The van der Waals surface area contributed by atoms with Crippen LogP contribution in [0.3, 0.4) is 0 Å². The Balaban J connectivity index is 0.000000159. The van der Waals surface area contributed by atoms with Gasteiger partial charge in [-0.25, -0.2) is 28.8 Å². The van der Waals surface area contributed by atoms with Gasteiger partial charge in [-0.3, -0.25) is 21.3 Å². The quantitative estimate of drug-likeness (QED) is 0.0631. The number of fused-ring (bicyclic) bond motifs is 12. The Bertz CT molecular complexity index is 2990. The molecule has 8 bridgehead atoms. The zero-order chi connectivity index (χ0) is 50.8. The Kier molecular flexibility index (Phi) is 12.4. The number of anilines is 4. The van der Waals surface area contributed by atoms with Gasteiger partial charge in [0.25, 0.3) is 0 Å². The molecule has 2 spiro atoms. The fraction of sp³-hybridized carbons (Fsp3) is 0.179. The summed E-state index contributed by atoms with van der Waals surface area (Å²) in [5.41, 5.74) is 3.96. The molecule has 0 unspecified atom stereocenters. The number of carbonyl (C=O) groups excluding carboxylic acids is 6. The number of esters is 2. The second-order valence-electron chi connectivity index (χ2n) is 17.4. The van der Waals surface area contributed by atoms with E-state index >= 15 is 0 Å². The molecule has 6 aliphatic heterocycles. The Hall–Kier alpha value is -9.58. The van der Waals surface area contributed by atoms with Crippen molar-refractivity contribution in [1.82, 2.24) is 0 Å². The van der Waals surface area contributed by atoms with Crippen LogP contribution in [-0.4, -0.2) is 62.7 Å². The molecule has 4 N–H and O–H groups in total. The predicted octanol–water partition coefficient (Wildman–Crippen LogP) is 11.4. The lowest BCUT2D eigenvalue weighted by Crippen LogP contribution is -2.33. The first-order chi connectivity index (χ1) is 36.1. The van der Waals surface area contributed by atoms with Gasteiger partial charge in [0.2, 0.25) is 0 Å². The normalized spacial score (nSPS) is 18.6. The SMILES string of the molecule is O=C1Nc2ccc3c(c2)Oc2cc(ccc2C32OC(=O)c3ccccc32)NC(=O)OCC/C=C/CCO1.O=C1Nc2ccc3c(c2)Oc2cc(ccc2C32OC(=O)c3ccccc32)NC(=O)OCC/C=C\CCO1. The average molecular weight is 997 g/mol. The fourth-order valence-corrected chi connectivity index (χ4v) is 9.63. The van der Waals surface area contributed by atoms with E-state index < -0.39 is 47.5 Å². The molecule has 0 aliphatic carbocycles. The summed E-state index contributed by atoms with van der Waals surface area (Å²) in [7, 11) is 0. The summed E-state index contributed by atoms with van der Waals surface area (Å²) in [5.74, 6) is 0.631. The largest absolute Gasteiger partial charge is 0.456 e. The topological polar surface area (TPSA) is 224 Å². The van der Waals surface area contributed by atoms with Crippen LogP contribution >= 0.6 is 0 Å². The fourth-order valence-electron chi connectivity index (χ4n) is 9.63. The maximum atomic E-state index is 13.0. The molecule has 18 heteroatoms. The van der Waals surface area contributed by atoms with Crippen molar-refractivity contribution in [3.8, 4) is 23.0 Å². The van der Waals surface area contributed by atoms with Crippen LogP contribution in [0.2, 0.25) is 0 Å². The highest BCUT2D eigenvalue weighted by molar-refractivity contribution is 5.99. The first-order valence-electron chi connectivity index (χ1n) is 23.7. The van der Waals surface area contributed by atoms with E-state index in [2.05, 4.69) is 21.3 Å². The van der Waals surface area contributed by atoms with Gasteiger partial charge in [-0.15, -0.1) is 0 Å². The zero-order valence-corrected chi connectivity index (χ0v) is 39.2. The van der Waals surface area contributed by atoms with Gasteiger partial charge in [0.05, 0.1) is 37.6 Å². The van der Waals surface area contributed by atoms with Gasteiger partial charge in [0.15, 0.2) is 11.2 Å². The Morgan fingerprint density at radius 3 is 0.919 bits per heavy atom. The number of ether oxygens (including phenoxy) is 8. The van der Waals surface area contributed by atoms with Gasteiger partial charge in [-0.2, -0.15) is 0 Å². The van der Waals surface area contributed by atoms with E-state index in [1.54, 1.807) is 97.1 Å². The summed E-state index contributed by atoms with van der Waals surface area (Å²) >= 11 is 0. The van der Waals surface area contributed by atoms with Crippen molar-refractivity contribution in [2.75, 3.05) is 47.7 Å². The van der Waals surface area contributed by atoms with Crippen molar-refractivity contribution < 1.29 is 66.7 Å². The number of cyclic esters (lactones) is 4. The number of benzene rings is 6. The third kappa shape index (κ3) is 8.71. The molecule has 0 aromatic heterocycles. The summed E-state index contributed by atoms with van der Waals surface area (Å²) in [6.45, 7) is 0.763. The first-order valence-corrected chi connectivity index (χ1v) is 23.7. The zero-order valence-electron chi connectivity index (χ0n) is 39.2. The molecule has 4 amide bonds. The van der Waals surface area contributed by atoms with Gasteiger partial charge in [-0.1, -0.05) is 60.7 Å². The van der Waals surface area contributed by atoms with Gasteiger partial charge < -0.3 is 37.9 Å². The summed E-state index contributed by atoms with van der Waals surface area (Å²) in [5, 5.41) is 10.9. The van der Waals surface area contributed by atoms with E-state index in [1.807, 2.05) is 48.6 Å². The number of amides is 4. The molecular formula is C56H44N4O14. The van der Waals surface area contributed by atoms with Crippen molar-refractivity contribution in [2.24, 2.45) is 0 Å². The molecule has 0 saturated heterocycles. The number of rotatable bonds is 0. The summed E-state index contributed by atoms with van der Waals surface area (Å²) in [6.07, 6.45) is 7.12. The summed E-state index contributed by atoms with van der Waals surface area (Å²) in [6, 6.07) is 34.9. The number of hydrogen-bond donors (Lipinski definition) is 4. The molecular weight excluding hydrogens is 953 g/mol. The third-order valence-corrected chi connectivity index (χ3v) is 12.8. The lowest BCUT2D eigenvalue weighted by Gasteiger charge is -2.36. The minimum atomic E-state index is -1.26. The van der Waals surface area contributed by atoms with Crippen LogP contribution in [-0.2, 0) is 39.6 Å². The van der Waals surface area contributed by atoms with Crippen molar-refractivity contribution >= 4 is 59.1 Å². The monoisotopic (exact) mass is 996 g/mol. The number of hydrogen-bond acceptors (Lipinski definition) is 14. The molecule has 0 radical (unpaired) electrons. The smallest absolute Gasteiger partial charge is 0.411 e. The van der Waals surface area contributed by atoms with Crippen LogP contribution in [0.5, 0.6) is 23.0 Å². The highest BCUT2D eigenvalue weighted by atomic mass is 16.6. The molecule has 74 heavy (non-hydrogen) atoms. The Labute approximate surface area is 422 Å². The standard InChI is InChI=1S/2C28H22N2O7/c2*31-25-19-7-3-4-8-20(19)28(37-25)21-11-9-17-15-23(21)36-24-16-18(10-12-22(24)28)30-27(33)35-14-6-2-1-5-13-34-26(32)29-17/h2*1-4,7-12,15-16H,5-6,13-14H2,(H,29,32)(H,30,33)/b2-1+;2-1-. The molecule has 18 nitrogen and oxygen atoms in total. The maximum absolute atomic E-state index is 13.0. The van der Waals surface area contributed by atoms with Crippen LogP contribution in [0, 0.1) is 0 Å². The summed E-state index contributed by atoms with van der Waals surface area (Å²) < 4.78 is 45.7. The molecule has 6 aliphatic rings. The van der Waals surface area contributed by atoms with Crippen LogP contribution in [0.25, 0.3) is 0 Å². The van der Waals surface area contributed by atoms with Crippen LogP contribution in [0.1, 0.15) is 79.8 Å². The van der Waals surface area contributed by atoms with Crippen molar-refractivity contribution in [3.63, 3.8) is 0 Å². The van der Waals surface area contributed by atoms with E-state index in [0.29, 0.717) is 116 Å². The van der Waals surface area contributed by atoms with Crippen LogP contribution in [0.4, 0.5) is 41.9 Å². The second kappa shape index (κ2) is 19.6. The minimum Gasteiger partial charge on any atom is -0.456 e. The van der Waals surface area contributed by atoms with E-state index in [4.69, 9.17) is 37.9 Å². The van der Waals surface area contributed by atoms with Crippen LogP contribution < -0.4 is 30.7 Å². The third-order valence-electron chi connectivity index (χ3n) is 12.8. The molecule has 12 rings (SSSR count). The number of nitrogens with one attached hydrogen (secondary N) is 4. The molecule has 6 aromatic carbocycles. The van der Waals surface area contributed by atoms with E-state index in [-0.39, 0.29) is 26.4 Å². The summed E-state index contributed by atoms with van der Waals surface area (Å²) in [4.78, 5) is 75.3. The highest BCUT2D eigenvalue weighted by Gasteiger charge is 2.55. The Morgan fingerprint density at radius 2 is 0.622 bits per heavy atom. The van der Waals surface area contributed by atoms with Gasteiger partial charge >= 0.3 is 36.3 Å².